The van der Waals surface area contributed by atoms with Gasteiger partial charge in [0.05, 0.1) is 39.0 Å². The summed E-state index contributed by atoms with van der Waals surface area (Å²) in [5, 5.41) is 20.6. The van der Waals surface area contributed by atoms with Crippen LogP contribution in [0, 0.1) is 23.1 Å². The number of hydrogen-bond donors (Lipinski definition) is 2. The fourth-order valence-electron chi connectivity index (χ4n) is 8.38. The SMILES string of the molecule is C=C(C)C(=O)OCCCc1cc(-c2ccc(-c3ccc(C4CCC(CCCCC)CC4)cc3)cc2F)cc(CCCOC(=O)C(C)C)c1OCCC(CO)(CO)CCCC. The van der Waals surface area contributed by atoms with Gasteiger partial charge in [-0.15, -0.1) is 0 Å². The van der Waals surface area contributed by atoms with Crippen molar-refractivity contribution in [3.05, 3.63) is 89.3 Å². The molecule has 0 spiro atoms. The predicted molar refractivity (Wildman–Crippen MR) is 241 cm³/mol. The van der Waals surface area contributed by atoms with Crippen molar-refractivity contribution in [2.75, 3.05) is 33.0 Å². The molecule has 4 rings (SSSR count). The summed E-state index contributed by atoms with van der Waals surface area (Å²) in [6.45, 7) is 13.6. The van der Waals surface area contributed by atoms with Crippen molar-refractivity contribution < 1.29 is 38.4 Å². The Morgan fingerprint density at radius 2 is 1.38 bits per heavy atom. The molecule has 0 atom stereocenters. The summed E-state index contributed by atoms with van der Waals surface area (Å²) >= 11 is 0. The highest BCUT2D eigenvalue weighted by Crippen LogP contribution is 2.40. The number of aliphatic hydroxyl groups excluding tert-OH is 2. The standard InChI is InChI=1S/C52H73FO7/c1-7-9-11-14-39-17-19-40(20-18-39)41-21-23-42(24-22-41)43-25-26-47(48(53)34-43)46-32-44(15-12-29-59-50(56)37(3)4)49(45(33-46)16-13-30-60-51(57)38(5)6)58-31-28-52(35-54,36-55)27-10-8-2/h21-26,32-34,38-40,54-55H,3,7-20,27-31,35-36H2,1-2,4-6H3. The van der Waals surface area contributed by atoms with Crippen LogP contribution >= 0.6 is 0 Å². The van der Waals surface area contributed by atoms with Gasteiger partial charge >= 0.3 is 11.9 Å². The topological polar surface area (TPSA) is 102 Å². The molecule has 0 unspecified atom stereocenters. The molecule has 1 fully saturated rings. The van der Waals surface area contributed by atoms with Gasteiger partial charge in [-0.3, -0.25) is 4.79 Å². The van der Waals surface area contributed by atoms with E-state index in [0.717, 1.165) is 41.0 Å². The van der Waals surface area contributed by atoms with Crippen LogP contribution < -0.4 is 4.74 Å². The van der Waals surface area contributed by atoms with Crippen molar-refractivity contribution in [3.63, 3.8) is 0 Å². The largest absolute Gasteiger partial charge is 0.493 e. The van der Waals surface area contributed by atoms with Gasteiger partial charge in [0.25, 0.3) is 0 Å². The lowest BCUT2D eigenvalue weighted by molar-refractivity contribution is -0.147. The molecule has 0 bridgehead atoms. The van der Waals surface area contributed by atoms with Crippen LogP contribution in [0.4, 0.5) is 4.39 Å². The van der Waals surface area contributed by atoms with Crippen molar-refractivity contribution >= 4 is 11.9 Å². The van der Waals surface area contributed by atoms with Crippen LogP contribution in [0.5, 0.6) is 5.75 Å². The van der Waals surface area contributed by atoms with Crippen LogP contribution in [0.25, 0.3) is 22.3 Å². The van der Waals surface area contributed by atoms with Crippen LogP contribution in [0.3, 0.4) is 0 Å². The molecule has 60 heavy (non-hydrogen) atoms. The third-order valence-corrected chi connectivity index (χ3v) is 12.4. The Labute approximate surface area is 360 Å². The van der Waals surface area contributed by atoms with Crippen LogP contribution in [-0.4, -0.2) is 55.2 Å². The number of unbranched alkanes of at least 4 members (excludes halogenated alkanes) is 3. The first-order valence-electron chi connectivity index (χ1n) is 22.8. The van der Waals surface area contributed by atoms with Gasteiger partial charge in [0.15, 0.2) is 0 Å². The van der Waals surface area contributed by atoms with E-state index >= 15 is 4.39 Å². The Bertz CT molecular complexity index is 1790. The van der Waals surface area contributed by atoms with E-state index in [4.69, 9.17) is 14.2 Å². The molecule has 330 valence electrons. The zero-order chi connectivity index (χ0) is 43.5. The first kappa shape index (κ1) is 48.7. The number of hydrogen-bond acceptors (Lipinski definition) is 7. The molecule has 8 heteroatoms. The molecule has 7 nitrogen and oxygen atoms in total. The number of benzene rings is 3. The average Bonchev–Trinajstić information content (AvgIpc) is 3.25. The summed E-state index contributed by atoms with van der Waals surface area (Å²) in [5.74, 6) is 0.800. The lowest BCUT2D eigenvalue weighted by Gasteiger charge is -2.30. The molecule has 1 saturated carbocycles. The van der Waals surface area contributed by atoms with E-state index in [9.17, 15) is 19.8 Å². The highest BCUT2D eigenvalue weighted by Gasteiger charge is 2.29. The average molecular weight is 829 g/mol. The number of rotatable bonds is 26. The maximum absolute atomic E-state index is 16.4. The van der Waals surface area contributed by atoms with E-state index in [1.54, 1.807) is 26.8 Å². The molecule has 3 aromatic carbocycles. The predicted octanol–water partition coefficient (Wildman–Crippen LogP) is 12.1. The van der Waals surface area contributed by atoms with E-state index in [1.807, 2.05) is 24.3 Å². The van der Waals surface area contributed by atoms with Crippen molar-refractivity contribution in [2.45, 2.75) is 143 Å². The third kappa shape index (κ3) is 14.6. The lowest BCUT2D eigenvalue weighted by atomic mass is 9.77. The van der Waals surface area contributed by atoms with Crippen molar-refractivity contribution in [2.24, 2.45) is 17.3 Å². The fraction of sp³-hybridized carbons (Fsp3) is 0.577. The third-order valence-electron chi connectivity index (χ3n) is 12.4. The minimum Gasteiger partial charge on any atom is -0.493 e. The second-order valence-electron chi connectivity index (χ2n) is 17.6. The van der Waals surface area contributed by atoms with Gasteiger partial charge < -0.3 is 24.4 Å². The zero-order valence-electron chi connectivity index (χ0n) is 37.3. The molecule has 0 heterocycles. The summed E-state index contributed by atoms with van der Waals surface area (Å²) < 4.78 is 33.9. The Balaban J connectivity index is 1.62. The van der Waals surface area contributed by atoms with Crippen LogP contribution in [-0.2, 0) is 31.9 Å². The maximum Gasteiger partial charge on any atom is 0.333 e. The molecule has 2 N–H and O–H groups in total. The van der Waals surface area contributed by atoms with Gasteiger partial charge in [-0.05, 0) is 135 Å². The van der Waals surface area contributed by atoms with E-state index in [-0.39, 0.29) is 50.7 Å². The van der Waals surface area contributed by atoms with E-state index < -0.39 is 11.4 Å². The molecule has 1 aliphatic rings. The lowest BCUT2D eigenvalue weighted by Crippen LogP contribution is -2.32. The van der Waals surface area contributed by atoms with Crippen LogP contribution in [0.2, 0.25) is 0 Å². The summed E-state index contributed by atoms with van der Waals surface area (Å²) in [4.78, 5) is 24.4. The van der Waals surface area contributed by atoms with Crippen LogP contribution in [0.1, 0.15) is 147 Å². The van der Waals surface area contributed by atoms with E-state index in [2.05, 4.69) is 44.7 Å². The number of ether oxygens (including phenoxy) is 3. The van der Waals surface area contributed by atoms with Crippen LogP contribution in [0.15, 0.2) is 66.7 Å². The summed E-state index contributed by atoms with van der Waals surface area (Å²) in [6, 6.07) is 18.0. The second-order valence-corrected chi connectivity index (χ2v) is 17.6. The summed E-state index contributed by atoms with van der Waals surface area (Å²) in [5.41, 5.74) is 5.63. The van der Waals surface area contributed by atoms with Crippen molar-refractivity contribution in [3.8, 4) is 28.0 Å². The normalized spacial score (nSPS) is 15.6. The number of aryl methyl sites for hydroxylation is 2. The molecular weight excluding hydrogens is 756 g/mol. The van der Waals surface area contributed by atoms with Gasteiger partial charge in [-0.25, -0.2) is 9.18 Å². The highest BCUT2D eigenvalue weighted by molar-refractivity contribution is 5.86. The number of carbonyl (C=O) groups excluding carboxylic acids is 2. The first-order valence-corrected chi connectivity index (χ1v) is 22.8. The van der Waals surface area contributed by atoms with Gasteiger partial charge in [0.1, 0.15) is 11.6 Å². The number of aliphatic hydroxyl groups is 2. The quantitative estimate of drug-likeness (QED) is 0.0472. The molecule has 3 aromatic rings. The first-order chi connectivity index (χ1) is 28.9. The summed E-state index contributed by atoms with van der Waals surface area (Å²) in [7, 11) is 0. The fourth-order valence-corrected chi connectivity index (χ4v) is 8.38. The summed E-state index contributed by atoms with van der Waals surface area (Å²) in [6.07, 6.45) is 15.3. The van der Waals surface area contributed by atoms with Crippen molar-refractivity contribution in [1.29, 1.82) is 0 Å². The highest BCUT2D eigenvalue weighted by atomic mass is 19.1. The molecule has 0 aliphatic heterocycles. The number of carbonyl (C=O) groups is 2. The number of esters is 2. The molecule has 0 saturated heterocycles. The van der Waals surface area contributed by atoms with Gasteiger partial charge in [-0.1, -0.05) is 109 Å². The molecule has 0 radical (unpaired) electrons. The second kappa shape index (κ2) is 25.1. The minimum atomic E-state index is -0.670. The van der Waals surface area contributed by atoms with Gasteiger partial charge in [0, 0.05) is 16.6 Å². The molecule has 0 amide bonds. The Morgan fingerprint density at radius 3 is 1.95 bits per heavy atom. The Kier molecular flexibility index (Phi) is 20.3. The van der Waals surface area contributed by atoms with Gasteiger partial charge in [0.2, 0.25) is 0 Å². The molecule has 0 aromatic heterocycles. The molecule has 1 aliphatic carbocycles. The molecular formula is C52H73FO7. The van der Waals surface area contributed by atoms with E-state index in [0.29, 0.717) is 66.9 Å². The monoisotopic (exact) mass is 829 g/mol. The van der Waals surface area contributed by atoms with E-state index in [1.165, 1.54) is 56.9 Å². The van der Waals surface area contributed by atoms with Gasteiger partial charge in [-0.2, -0.15) is 0 Å². The number of halogens is 1. The Morgan fingerprint density at radius 1 is 0.767 bits per heavy atom. The Hall–Kier alpha value is -4.01. The maximum atomic E-state index is 16.4. The minimum absolute atomic E-state index is 0.152. The van der Waals surface area contributed by atoms with Crippen molar-refractivity contribution in [1.82, 2.24) is 0 Å². The zero-order valence-corrected chi connectivity index (χ0v) is 37.3. The smallest absolute Gasteiger partial charge is 0.333 e.